The van der Waals surface area contributed by atoms with Crippen LogP contribution in [0.15, 0.2) is 17.5 Å². The molecule has 0 amide bonds. The van der Waals surface area contributed by atoms with Gasteiger partial charge in [-0.3, -0.25) is 4.90 Å². The van der Waals surface area contributed by atoms with Crippen LogP contribution in [0.1, 0.15) is 37.6 Å². The first-order valence-electron chi connectivity index (χ1n) is 5.75. The van der Waals surface area contributed by atoms with Gasteiger partial charge in [0.2, 0.25) is 0 Å². The second kappa shape index (κ2) is 4.64. The van der Waals surface area contributed by atoms with E-state index in [-0.39, 0.29) is 0 Å². The Balaban J connectivity index is 2.23. The first-order valence-corrected chi connectivity index (χ1v) is 6.63. The van der Waals surface area contributed by atoms with Crippen molar-refractivity contribution >= 4 is 11.3 Å². The Bertz CT molecular complexity index is 295. The molecule has 2 heterocycles. The number of nitrogens with zero attached hydrogens (tertiary/aromatic N) is 1. The van der Waals surface area contributed by atoms with Gasteiger partial charge in [-0.2, -0.15) is 0 Å². The summed E-state index contributed by atoms with van der Waals surface area (Å²) in [6.07, 6.45) is 2.40. The van der Waals surface area contributed by atoms with Gasteiger partial charge in [0.05, 0.1) is 6.04 Å². The van der Waals surface area contributed by atoms with Crippen molar-refractivity contribution in [3.8, 4) is 0 Å². The Morgan fingerprint density at radius 3 is 2.93 bits per heavy atom. The van der Waals surface area contributed by atoms with E-state index in [4.69, 9.17) is 5.73 Å². The molecule has 2 rings (SSSR count). The lowest BCUT2D eigenvalue weighted by Gasteiger charge is -2.41. The predicted octanol–water partition coefficient (Wildman–Crippen LogP) is 2.62. The number of hydrogen-bond donors (Lipinski definition) is 1. The Morgan fingerprint density at radius 2 is 2.33 bits per heavy atom. The maximum absolute atomic E-state index is 6.26. The van der Waals surface area contributed by atoms with Gasteiger partial charge in [-0.25, -0.2) is 0 Å². The second-order valence-electron chi connectivity index (χ2n) is 4.60. The van der Waals surface area contributed by atoms with Crippen LogP contribution >= 0.6 is 11.3 Å². The van der Waals surface area contributed by atoms with Gasteiger partial charge in [-0.05, 0) is 44.7 Å². The molecule has 2 unspecified atom stereocenters. The lowest BCUT2D eigenvalue weighted by Crippen LogP contribution is -2.48. The molecule has 3 heteroatoms. The van der Waals surface area contributed by atoms with Crippen molar-refractivity contribution in [3.63, 3.8) is 0 Å². The fourth-order valence-corrected chi connectivity index (χ4v) is 3.39. The minimum absolute atomic E-state index is 0.305. The quantitative estimate of drug-likeness (QED) is 0.836. The largest absolute Gasteiger partial charge is 0.326 e. The van der Waals surface area contributed by atoms with Crippen molar-refractivity contribution in [1.82, 2.24) is 4.90 Å². The van der Waals surface area contributed by atoms with Gasteiger partial charge in [-0.1, -0.05) is 6.07 Å². The van der Waals surface area contributed by atoms with Crippen LogP contribution in [0.5, 0.6) is 0 Å². The zero-order chi connectivity index (χ0) is 10.8. The van der Waals surface area contributed by atoms with Crippen LogP contribution in [0.3, 0.4) is 0 Å². The lowest BCUT2D eigenvalue weighted by atomic mass is 9.94. The number of rotatable bonds is 2. The maximum Gasteiger partial charge on any atom is 0.0595 e. The molecule has 1 aliphatic heterocycles. The Labute approximate surface area is 96.1 Å². The van der Waals surface area contributed by atoms with Crippen LogP contribution in [0.4, 0.5) is 0 Å². The molecule has 2 nitrogen and oxygen atoms in total. The smallest absolute Gasteiger partial charge is 0.0595 e. The molecule has 0 aliphatic carbocycles. The first kappa shape index (κ1) is 11.1. The van der Waals surface area contributed by atoms with Gasteiger partial charge in [0.15, 0.2) is 0 Å². The molecule has 84 valence electrons. The second-order valence-corrected chi connectivity index (χ2v) is 5.58. The normalized spacial score (nSPS) is 28.5. The third-order valence-electron chi connectivity index (χ3n) is 3.21. The number of nitrogens with two attached hydrogens (primary N) is 1. The molecule has 2 atom stereocenters. The summed E-state index contributed by atoms with van der Waals surface area (Å²) in [5.74, 6) is 0. The first-order chi connectivity index (χ1) is 7.20. The molecule has 2 N–H and O–H groups in total. The molecule has 0 saturated carbocycles. The van der Waals surface area contributed by atoms with Crippen molar-refractivity contribution in [2.75, 3.05) is 6.54 Å². The zero-order valence-corrected chi connectivity index (χ0v) is 10.3. The highest BCUT2D eigenvalue weighted by molar-refractivity contribution is 7.10. The Hall–Kier alpha value is -0.380. The van der Waals surface area contributed by atoms with Crippen LogP contribution < -0.4 is 5.73 Å². The van der Waals surface area contributed by atoms with E-state index in [1.165, 1.54) is 17.8 Å². The van der Waals surface area contributed by atoms with Crippen LogP contribution in [-0.4, -0.2) is 23.5 Å². The molecule has 1 saturated heterocycles. The molecular weight excluding hydrogens is 204 g/mol. The molecule has 1 fully saturated rings. The average molecular weight is 224 g/mol. The Kier molecular flexibility index (Phi) is 3.44. The standard InChI is InChI=1S/C12H20N2S/c1-9(2)14-7-3-5-10(13)12(14)11-6-4-8-15-11/h4,6,8-10,12H,3,5,7,13H2,1-2H3. The molecule has 0 aromatic carbocycles. The van der Waals surface area contributed by atoms with Gasteiger partial charge in [0.25, 0.3) is 0 Å². The van der Waals surface area contributed by atoms with E-state index in [0.717, 1.165) is 6.42 Å². The summed E-state index contributed by atoms with van der Waals surface area (Å²) in [7, 11) is 0. The highest BCUT2D eigenvalue weighted by atomic mass is 32.1. The van der Waals surface area contributed by atoms with Gasteiger partial charge >= 0.3 is 0 Å². The van der Waals surface area contributed by atoms with Crippen LogP contribution in [0.25, 0.3) is 0 Å². The molecule has 0 bridgehead atoms. The van der Waals surface area contributed by atoms with E-state index in [1.807, 2.05) is 11.3 Å². The number of thiophene rings is 1. The lowest BCUT2D eigenvalue weighted by molar-refractivity contribution is 0.0970. The average Bonchev–Trinajstić information content (AvgIpc) is 2.70. The zero-order valence-electron chi connectivity index (χ0n) is 9.52. The van der Waals surface area contributed by atoms with E-state index >= 15 is 0 Å². The predicted molar refractivity (Wildman–Crippen MR) is 66.1 cm³/mol. The van der Waals surface area contributed by atoms with Crippen molar-refractivity contribution in [2.45, 2.75) is 44.8 Å². The van der Waals surface area contributed by atoms with Crippen LogP contribution in [0.2, 0.25) is 0 Å². The van der Waals surface area contributed by atoms with Gasteiger partial charge in [0.1, 0.15) is 0 Å². The van der Waals surface area contributed by atoms with Crippen molar-refractivity contribution in [2.24, 2.45) is 5.73 Å². The van der Waals surface area contributed by atoms with Crippen molar-refractivity contribution < 1.29 is 0 Å². The van der Waals surface area contributed by atoms with Crippen molar-refractivity contribution in [1.29, 1.82) is 0 Å². The van der Waals surface area contributed by atoms with Gasteiger partial charge < -0.3 is 5.73 Å². The van der Waals surface area contributed by atoms with Crippen molar-refractivity contribution in [3.05, 3.63) is 22.4 Å². The monoisotopic (exact) mass is 224 g/mol. The summed E-state index contributed by atoms with van der Waals surface area (Å²) in [5.41, 5.74) is 6.26. The minimum Gasteiger partial charge on any atom is -0.326 e. The summed E-state index contributed by atoms with van der Waals surface area (Å²) in [6.45, 7) is 5.71. The molecule has 0 radical (unpaired) electrons. The molecule has 1 aromatic heterocycles. The highest BCUT2D eigenvalue weighted by Crippen LogP contribution is 2.33. The molecule has 1 aliphatic rings. The van der Waals surface area contributed by atoms with Crippen LogP contribution in [0, 0.1) is 0 Å². The third kappa shape index (κ3) is 2.25. The van der Waals surface area contributed by atoms with Gasteiger partial charge in [0, 0.05) is 17.0 Å². The fourth-order valence-electron chi connectivity index (χ4n) is 2.47. The summed E-state index contributed by atoms with van der Waals surface area (Å²) >= 11 is 1.83. The topological polar surface area (TPSA) is 29.3 Å². The molecule has 1 aromatic rings. The fraction of sp³-hybridized carbons (Fsp3) is 0.667. The Morgan fingerprint density at radius 1 is 1.53 bits per heavy atom. The van der Waals surface area contributed by atoms with E-state index < -0.39 is 0 Å². The molecule has 15 heavy (non-hydrogen) atoms. The molecule has 0 spiro atoms. The molecular formula is C12H20N2S. The summed E-state index contributed by atoms with van der Waals surface area (Å²) < 4.78 is 0. The van der Waals surface area contributed by atoms with E-state index in [1.54, 1.807) is 0 Å². The highest BCUT2D eigenvalue weighted by Gasteiger charge is 2.32. The maximum atomic E-state index is 6.26. The minimum atomic E-state index is 0.305. The third-order valence-corrected chi connectivity index (χ3v) is 4.16. The number of likely N-dealkylation sites (tertiary alicyclic amines) is 1. The van der Waals surface area contributed by atoms with E-state index in [0.29, 0.717) is 18.1 Å². The summed E-state index contributed by atoms with van der Waals surface area (Å²) in [4.78, 5) is 3.97. The van der Waals surface area contributed by atoms with E-state index in [9.17, 15) is 0 Å². The number of piperidine rings is 1. The summed E-state index contributed by atoms with van der Waals surface area (Å²) in [5, 5.41) is 2.15. The van der Waals surface area contributed by atoms with Gasteiger partial charge in [-0.15, -0.1) is 11.3 Å². The summed E-state index contributed by atoms with van der Waals surface area (Å²) in [6, 6.07) is 5.68. The number of hydrogen-bond acceptors (Lipinski definition) is 3. The van der Waals surface area contributed by atoms with Crippen LogP contribution in [-0.2, 0) is 0 Å². The van der Waals surface area contributed by atoms with E-state index in [2.05, 4.69) is 36.3 Å². The SMILES string of the molecule is CC(C)N1CCCC(N)C1c1cccs1.